The van der Waals surface area contributed by atoms with Gasteiger partial charge in [-0.25, -0.2) is 14.4 Å². The second kappa shape index (κ2) is 8.63. The zero-order valence-electron chi connectivity index (χ0n) is 9.29. The highest BCUT2D eigenvalue weighted by molar-refractivity contribution is 8.00. The van der Waals surface area contributed by atoms with Crippen molar-refractivity contribution in [3.8, 4) is 0 Å². The summed E-state index contributed by atoms with van der Waals surface area (Å²) >= 11 is 0.993. The fourth-order valence-corrected chi connectivity index (χ4v) is 1.75. The molecule has 0 radical (unpaired) electrons. The quantitative estimate of drug-likeness (QED) is 0.292. The number of thioether (sulfide) groups is 1. The Balaban J connectivity index is 4.20. The largest absolute Gasteiger partial charge is 0.478 e. The average Bonchev–Trinajstić information content (AvgIpc) is 2.25. The molecule has 0 saturated heterocycles. The van der Waals surface area contributed by atoms with E-state index in [1.807, 2.05) is 6.92 Å². The van der Waals surface area contributed by atoms with E-state index in [0.29, 0.717) is 17.9 Å². The SMILES string of the molecule is CCCCSC(OC(=O)C=CC(=O)O)C(=O)O. The lowest BCUT2D eigenvalue weighted by molar-refractivity contribution is -0.154. The van der Waals surface area contributed by atoms with Gasteiger partial charge in [-0.1, -0.05) is 13.3 Å². The number of rotatable bonds is 8. The first-order chi connectivity index (χ1) is 7.97. The van der Waals surface area contributed by atoms with Gasteiger partial charge in [0, 0.05) is 12.2 Å². The number of esters is 1. The van der Waals surface area contributed by atoms with Crippen molar-refractivity contribution < 1.29 is 29.3 Å². The van der Waals surface area contributed by atoms with Crippen molar-refractivity contribution in [2.45, 2.75) is 25.2 Å². The van der Waals surface area contributed by atoms with Crippen LogP contribution < -0.4 is 0 Å². The van der Waals surface area contributed by atoms with Crippen LogP contribution in [0.15, 0.2) is 12.2 Å². The number of carboxylic acids is 2. The molecule has 0 aromatic rings. The summed E-state index contributed by atoms with van der Waals surface area (Å²) in [5, 5.41) is 17.0. The monoisotopic (exact) mass is 262 g/mol. The number of hydrogen-bond donors (Lipinski definition) is 2. The van der Waals surface area contributed by atoms with Gasteiger partial charge in [-0.3, -0.25) is 0 Å². The van der Waals surface area contributed by atoms with Crippen LogP contribution in [0.25, 0.3) is 0 Å². The Labute approximate surface area is 103 Å². The molecule has 0 aromatic carbocycles. The van der Waals surface area contributed by atoms with Gasteiger partial charge in [0.25, 0.3) is 0 Å². The molecule has 0 aliphatic carbocycles. The van der Waals surface area contributed by atoms with Crippen LogP contribution in [-0.2, 0) is 19.1 Å². The number of carboxylic acid groups (broad SMARTS) is 2. The second-order valence-corrected chi connectivity index (χ2v) is 4.17. The molecule has 1 unspecified atom stereocenters. The molecule has 7 heteroatoms. The summed E-state index contributed by atoms with van der Waals surface area (Å²) < 4.78 is 4.58. The fraction of sp³-hybridized carbons (Fsp3) is 0.500. The molecule has 1 atom stereocenters. The first-order valence-corrected chi connectivity index (χ1v) is 5.98. The van der Waals surface area contributed by atoms with E-state index < -0.39 is 23.3 Å². The molecular weight excluding hydrogens is 248 g/mol. The van der Waals surface area contributed by atoms with Crippen molar-refractivity contribution in [2.24, 2.45) is 0 Å². The number of carbonyl (C=O) groups is 3. The highest BCUT2D eigenvalue weighted by atomic mass is 32.2. The molecule has 0 aliphatic rings. The highest BCUT2D eigenvalue weighted by Gasteiger charge is 2.21. The lowest BCUT2D eigenvalue weighted by Gasteiger charge is -2.11. The molecule has 6 nitrogen and oxygen atoms in total. The van der Waals surface area contributed by atoms with Crippen LogP contribution in [0.1, 0.15) is 19.8 Å². The van der Waals surface area contributed by atoms with Crippen LogP contribution in [0.5, 0.6) is 0 Å². The van der Waals surface area contributed by atoms with E-state index in [-0.39, 0.29) is 0 Å². The third kappa shape index (κ3) is 8.32. The zero-order valence-corrected chi connectivity index (χ0v) is 10.1. The van der Waals surface area contributed by atoms with Crippen molar-refractivity contribution in [1.82, 2.24) is 0 Å². The molecule has 0 bridgehead atoms. The van der Waals surface area contributed by atoms with E-state index in [2.05, 4.69) is 4.74 Å². The molecule has 0 rings (SSSR count). The van der Waals surface area contributed by atoms with Crippen molar-refractivity contribution in [2.75, 3.05) is 5.75 Å². The summed E-state index contributed by atoms with van der Waals surface area (Å²) in [6, 6.07) is 0. The predicted octanol–water partition coefficient (Wildman–Crippen LogP) is 1.11. The Morgan fingerprint density at radius 2 is 1.94 bits per heavy atom. The van der Waals surface area contributed by atoms with Crippen LogP contribution in [0.3, 0.4) is 0 Å². The molecule has 2 N–H and O–H groups in total. The smallest absolute Gasteiger partial charge is 0.355 e. The van der Waals surface area contributed by atoms with E-state index in [4.69, 9.17) is 10.2 Å². The van der Waals surface area contributed by atoms with E-state index in [1.54, 1.807) is 0 Å². The summed E-state index contributed by atoms with van der Waals surface area (Å²) in [6.07, 6.45) is 3.00. The summed E-state index contributed by atoms with van der Waals surface area (Å²) in [4.78, 5) is 31.9. The van der Waals surface area contributed by atoms with Crippen LogP contribution >= 0.6 is 11.8 Å². The molecule has 17 heavy (non-hydrogen) atoms. The van der Waals surface area contributed by atoms with Gasteiger partial charge in [0.1, 0.15) is 0 Å². The van der Waals surface area contributed by atoms with Crippen LogP contribution in [0.4, 0.5) is 0 Å². The average molecular weight is 262 g/mol. The van der Waals surface area contributed by atoms with Gasteiger partial charge in [0.2, 0.25) is 5.44 Å². The van der Waals surface area contributed by atoms with Gasteiger partial charge in [-0.15, -0.1) is 11.8 Å². The summed E-state index contributed by atoms with van der Waals surface area (Å²) in [7, 11) is 0. The topological polar surface area (TPSA) is 101 Å². The van der Waals surface area contributed by atoms with Gasteiger partial charge in [0.15, 0.2) is 0 Å². The van der Waals surface area contributed by atoms with Gasteiger partial charge in [-0.05, 0) is 12.2 Å². The Kier molecular flexibility index (Phi) is 7.87. The lowest BCUT2D eigenvalue weighted by atomic mass is 10.4. The van der Waals surface area contributed by atoms with Gasteiger partial charge in [-0.2, -0.15) is 0 Å². The summed E-state index contributed by atoms with van der Waals surface area (Å²) in [5.41, 5.74) is -1.30. The van der Waals surface area contributed by atoms with Gasteiger partial charge < -0.3 is 14.9 Å². The maximum absolute atomic E-state index is 11.0. The summed E-state index contributed by atoms with van der Waals surface area (Å²) in [5.74, 6) is -2.98. The normalized spacial score (nSPS) is 12.3. The van der Waals surface area contributed by atoms with Crippen LogP contribution in [0.2, 0.25) is 0 Å². The second-order valence-electron chi connectivity index (χ2n) is 3.00. The van der Waals surface area contributed by atoms with Crippen LogP contribution in [0, 0.1) is 0 Å². The Morgan fingerprint density at radius 3 is 2.41 bits per heavy atom. The minimum absolute atomic E-state index is 0.559. The van der Waals surface area contributed by atoms with Gasteiger partial charge in [0.05, 0.1) is 0 Å². The molecule has 0 aromatic heterocycles. The molecule has 0 heterocycles. The molecule has 0 amide bonds. The van der Waals surface area contributed by atoms with E-state index in [1.165, 1.54) is 0 Å². The number of aliphatic carboxylic acids is 2. The third-order valence-corrected chi connectivity index (χ3v) is 2.68. The van der Waals surface area contributed by atoms with Crippen molar-refractivity contribution in [3.63, 3.8) is 0 Å². The molecule has 0 spiro atoms. The molecule has 0 aliphatic heterocycles. The third-order valence-electron chi connectivity index (χ3n) is 1.55. The maximum Gasteiger partial charge on any atom is 0.355 e. The van der Waals surface area contributed by atoms with Crippen molar-refractivity contribution >= 4 is 29.7 Å². The Morgan fingerprint density at radius 1 is 1.29 bits per heavy atom. The summed E-state index contributed by atoms with van der Waals surface area (Å²) in [6.45, 7) is 1.96. The van der Waals surface area contributed by atoms with Crippen LogP contribution in [-0.4, -0.2) is 39.3 Å². The molecular formula is C10H14O6S. The standard InChI is InChI=1S/C10H14O6S/c1-2-3-6-17-10(9(14)15)16-8(13)5-4-7(11)12/h4-5,10H,2-3,6H2,1H3,(H,11,12)(H,14,15). The zero-order chi connectivity index (χ0) is 13.3. The Bertz CT molecular complexity index is 312. The molecule has 96 valence electrons. The first kappa shape index (κ1) is 15.5. The number of ether oxygens (including phenoxy) is 1. The van der Waals surface area contributed by atoms with Crippen molar-refractivity contribution in [3.05, 3.63) is 12.2 Å². The van der Waals surface area contributed by atoms with E-state index >= 15 is 0 Å². The van der Waals surface area contributed by atoms with Crippen molar-refractivity contribution in [1.29, 1.82) is 0 Å². The van der Waals surface area contributed by atoms with E-state index in [9.17, 15) is 14.4 Å². The van der Waals surface area contributed by atoms with Gasteiger partial charge >= 0.3 is 17.9 Å². The lowest BCUT2D eigenvalue weighted by Crippen LogP contribution is -2.23. The first-order valence-electron chi connectivity index (χ1n) is 4.93. The molecule has 0 fully saturated rings. The number of hydrogen-bond acceptors (Lipinski definition) is 5. The number of unbranched alkanes of at least 4 members (excludes halogenated alkanes) is 1. The minimum Gasteiger partial charge on any atom is -0.478 e. The number of carbonyl (C=O) groups excluding carboxylic acids is 1. The maximum atomic E-state index is 11.0. The van der Waals surface area contributed by atoms with E-state index in [0.717, 1.165) is 24.6 Å². The Hall–Kier alpha value is -1.50. The minimum atomic E-state index is -1.30. The highest BCUT2D eigenvalue weighted by Crippen LogP contribution is 2.15. The fourth-order valence-electron chi connectivity index (χ4n) is 0.775. The predicted molar refractivity (Wildman–Crippen MR) is 61.7 cm³/mol. The molecule has 0 saturated carbocycles.